The van der Waals surface area contributed by atoms with Gasteiger partial charge in [-0.15, -0.1) is 0 Å². The molecule has 1 heterocycles. The summed E-state index contributed by atoms with van der Waals surface area (Å²) >= 11 is 6.23. The van der Waals surface area contributed by atoms with Gasteiger partial charge in [0.2, 0.25) is 0 Å². The van der Waals surface area contributed by atoms with Crippen molar-refractivity contribution in [2.75, 3.05) is 0 Å². The number of halogens is 1. The maximum Gasteiger partial charge on any atom is 0.0761 e. The SMILES string of the molecule is C[C@H](NCc1ccc(Cl)c2cccnc12)C1CCCC1. The summed E-state index contributed by atoms with van der Waals surface area (Å²) in [5, 5.41) is 5.49. The monoisotopic (exact) mass is 288 g/mol. The molecule has 1 aromatic heterocycles. The molecule has 2 nitrogen and oxygen atoms in total. The lowest BCUT2D eigenvalue weighted by molar-refractivity contribution is 0.381. The van der Waals surface area contributed by atoms with Gasteiger partial charge in [-0.05, 0) is 49.4 Å². The van der Waals surface area contributed by atoms with Crippen LogP contribution in [0.15, 0.2) is 30.5 Å². The fraction of sp³-hybridized carbons (Fsp3) is 0.471. The first-order chi connectivity index (χ1) is 9.75. The molecule has 0 bridgehead atoms. The second-order valence-corrected chi connectivity index (χ2v) is 6.23. The van der Waals surface area contributed by atoms with Gasteiger partial charge in [-0.25, -0.2) is 0 Å². The van der Waals surface area contributed by atoms with E-state index < -0.39 is 0 Å². The molecule has 1 atom stereocenters. The Bertz CT molecular complexity index is 591. The van der Waals surface area contributed by atoms with Gasteiger partial charge in [0.15, 0.2) is 0 Å². The van der Waals surface area contributed by atoms with Gasteiger partial charge in [0.1, 0.15) is 0 Å². The first kappa shape index (κ1) is 13.8. The zero-order valence-corrected chi connectivity index (χ0v) is 12.7. The summed E-state index contributed by atoms with van der Waals surface area (Å²) in [4.78, 5) is 4.49. The molecule has 1 fully saturated rings. The molecule has 0 aliphatic heterocycles. The molecule has 1 aliphatic rings. The topological polar surface area (TPSA) is 24.9 Å². The molecule has 2 aromatic rings. The lowest BCUT2D eigenvalue weighted by Gasteiger charge is -2.20. The minimum Gasteiger partial charge on any atom is -0.310 e. The van der Waals surface area contributed by atoms with Gasteiger partial charge in [-0.3, -0.25) is 4.98 Å². The van der Waals surface area contributed by atoms with Crippen LogP contribution in [0.25, 0.3) is 10.9 Å². The minimum absolute atomic E-state index is 0.576. The Hall–Kier alpha value is -1.12. The number of aromatic nitrogens is 1. The first-order valence-electron chi connectivity index (χ1n) is 7.51. The number of hydrogen-bond donors (Lipinski definition) is 1. The van der Waals surface area contributed by atoms with E-state index >= 15 is 0 Å². The molecule has 3 rings (SSSR count). The van der Waals surface area contributed by atoms with Crippen LogP contribution in [-0.4, -0.2) is 11.0 Å². The predicted molar refractivity (Wildman–Crippen MR) is 85.0 cm³/mol. The van der Waals surface area contributed by atoms with Crippen LogP contribution in [0.1, 0.15) is 38.2 Å². The van der Waals surface area contributed by atoms with Gasteiger partial charge in [-0.2, -0.15) is 0 Å². The summed E-state index contributed by atoms with van der Waals surface area (Å²) in [5.41, 5.74) is 2.25. The van der Waals surface area contributed by atoms with Crippen molar-refractivity contribution in [3.8, 4) is 0 Å². The number of nitrogens with one attached hydrogen (secondary N) is 1. The third-order valence-corrected chi connectivity index (χ3v) is 4.85. The summed E-state index contributed by atoms with van der Waals surface area (Å²) in [6.45, 7) is 3.17. The summed E-state index contributed by atoms with van der Waals surface area (Å²) in [6, 6.07) is 8.61. The minimum atomic E-state index is 0.576. The van der Waals surface area contributed by atoms with Gasteiger partial charge >= 0.3 is 0 Å². The van der Waals surface area contributed by atoms with E-state index in [-0.39, 0.29) is 0 Å². The van der Waals surface area contributed by atoms with E-state index in [9.17, 15) is 0 Å². The Morgan fingerprint density at radius 1 is 1.30 bits per heavy atom. The number of fused-ring (bicyclic) bond motifs is 1. The lowest BCUT2D eigenvalue weighted by atomic mass is 9.99. The molecule has 1 aromatic carbocycles. The molecule has 0 radical (unpaired) electrons. The van der Waals surface area contributed by atoms with E-state index in [2.05, 4.69) is 23.3 Å². The van der Waals surface area contributed by atoms with Gasteiger partial charge in [0.05, 0.1) is 5.52 Å². The zero-order valence-electron chi connectivity index (χ0n) is 11.9. The van der Waals surface area contributed by atoms with Crippen molar-refractivity contribution in [1.82, 2.24) is 10.3 Å². The van der Waals surface area contributed by atoms with Crippen LogP contribution >= 0.6 is 11.6 Å². The molecule has 0 amide bonds. The van der Waals surface area contributed by atoms with Crippen molar-refractivity contribution >= 4 is 22.5 Å². The number of nitrogens with zero attached hydrogens (tertiary/aromatic N) is 1. The number of benzene rings is 1. The van der Waals surface area contributed by atoms with Crippen LogP contribution < -0.4 is 5.32 Å². The van der Waals surface area contributed by atoms with Crippen LogP contribution in [0.3, 0.4) is 0 Å². The molecule has 0 spiro atoms. The fourth-order valence-electron chi connectivity index (χ4n) is 3.23. The highest BCUT2D eigenvalue weighted by molar-refractivity contribution is 6.35. The molecule has 20 heavy (non-hydrogen) atoms. The van der Waals surface area contributed by atoms with Crippen LogP contribution in [0, 0.1) is 5.92 Å². The van der Waals surface area contributed by atoms with Gasteiger partial charge in [0, 0.05) is 29.2 Å². The van der Waals surface area contributed by atoms with Gasteiger partial charge in [0.25, 0.3) is 0 Å². The zero-order chi connectivity index (χ0) is 13.9. The first-order valence-corrected chi connectivity index (χ1v) is 7.89. The average molecular weight is 289 g/mol. The summed E-state index contributed by atoms with van der Waals surface area (Å²) in [6.07, 6.45) is 7.36. The molecule has 3 heteroatoms. The summed E-state index contributed by atoms with van der Waals surface area (Å²) < 4.78 is 0. The summed E-state index contributed by atoms with van der Waals surface area (Å²) in [7, 11) is 0. The number of hydrogen-bond acceptors (Lipinski definition) is 2. The normalized spacial score (nSPS) is 17.7. The van der Waals surface area contributed by atoms with E-state index in [0.717, 1.165) is 28.4 Å². The highest BCUT2D eigenvalue weighted by Gasteiger charge is 2.21. The molecular formula is C17H21ClN2. The molecule has 0 saturated heterocycles. The standard InChI is InChI=1S/C17H21ClN2/c1-12(13-5-2-3-6-13)20-11-14-8-9-16(18)15-7-4-10-19-17(14)15/h4,7-10,12-13,20H,2-3,5-6,11H2,1H3/t12-/m0/s1. The predicted octanol–water partition coefficient (Wildman–Crippen LogP) is 4.56. The molecule has 1 aliphatic carbocycles. The summed E-state index contributed by atoms with van der Waals surface area (Å²) in [5.74, 6) is 0.835. The largest absolute Gasteiger partial charge is 0.310 e. The second-order valence-electron chi connectivity index (χ2n) is 5.82. The third kappa shape index (κ3) is 2.82. The van der Waals surface area contributed by atoms with E-state index in [1.54, 1.807) is 0 Å². The maximum atomic E-state index is 6.23. The van der Waals surface area contributed by atoms with E-state index in [1.807, 2.05) is 24.4 Å². The van der Waals surface area contributed by atoms with E-state index in [1.165, 1.54) is 31.2 Å². The number of pyridine rings is 1. The van der Waals surface area contributed by atoms with Crippen LogP contribution in [0.4, 0.5) is 0 Å². The molecule has 106 valence electrons. The quantitative estimate of drug-likeness (QED) is 0.892. The Balaban J connectivity index is 1.76. The maximum absolute atomic E-state index is 6.23. The molecule has 1 saturated carbocycles. The Kier molecular flexibility index (Phi) is 4.23. The van der Waals surface area contributed by atoms with Crippen molar-refractivity contribution in [1.29, 1.82) is 0 Å². The van der Waals surface area contributed by atoms with Crippen molar-refractivity contribution in [3.63, 3.8) is 0 Å². The van der Waals surface area contributed by atoms with Crippen molar-refractivity contribution in [2.24, 2.45) is 5.92 Å². The van der Waals surface area contributed by atoms with Crippen molar-refractivity contribution in [2.45, 2.75) is 45.2 Å². The van der Waals surface area contributed by atoms with Gasteiger partial charge < -0.3 is 5.32 Å². The number of rotatable bonds is 4. The molecular weight excluding hydrogens is 268 g/mol. The lowest BCUT2D eigenvalue weighted by Crippen LogP contribution is -2.31. The Labute approximate surface area is 125 Å². The smallest absolute Gasteiger partial charge is 0.0761 e. The highest BCUT2D eigenvalue weighted by atomic mass is 35.5. The van der Waals surface area contributed by atoms with Crippen LogP contribution in [0.5, 0.6) is 0 Å². The fourth-order valence-corrected chi connectivity index (χ4v) is 3.45. The van der Waals surface area contributed by atoms with Crippen LogP contribution in [-0.2, 0) is 6.54 Å². The van der Waals surface area contributed by atoms with Gasteiger partial charge in [-0.1, -0.05) is 30.5 Å². The molecule has 1 N–H and O–H groups in total. The van der Waals surface area contributed by atoms with E-state index in [4.69, 9.17) is 11.6 Å². The average Bonchev–Trinajstić information content (AvgIpc) is 3.01. The highest BCUT2D eigenvalue weighted by Crippen LogP contribution is 2.28. The van der Waals surface area contributed by atoms with E-state index in [0.29, 0.717) is 6.04 Å². The third-order valence-electron chi connectivity index (χ3n) is 4.52. The van der Waals surface area contributed by atoms with Crippen molar-refractivity contribution < 1.29 is 0 Å². The Morgan fingerprint density at radius 2 is 2.10 bits per heavy atom. The molecule has 0 unspecified atom stereocenters. The van der Waals surface area contributed by atoms with Crippen molar-refractivity contribution in [3.05, 3.63) is 41.0 Å². The second kappa shape index (κ2) is 6.11. The Morgan fingerprint density at radius 3 is 2.90 bits per heavy atom. The van der Waals surface area contributed by atoms with Crippen LogP contribution in [0.2, 0.25) is 5.02 Å².